The number of anilines is 2. The molecule has 0 atom stereocenters. The molecule has 1 aliphatic rings. The van der Waals surface area contributed by atoms with E-state index in [4.69, 9.17) is 0 Å². The van der Waals surface area contributed by atoms with E-state index in [1.807, 2.05) is 24.3 Å². The van der Waals surface area contributed by atoms with Crippen LogP contribution in [0, 0.1) is 0 Å². The van der Waals surface area contributed by atoms with Gasteiger partial charge in [-0.15, -0.1) is 0 Å². The molecular weight excluding hydrogens is 356 g/mol. The number of rotatable bonds is 3. The lowest BCUT2D eigenvalue weighted by atomic mass is 10.2. The number of likely N-dealkylation sites (N-methyl/N-ethyl adjacent to an activating group) is 1. The minimum atomic E-state index is -0.133. The number of aromatic nitrogens is 1. The normalized spacial score (nSPS) is 15.5. The third kappa shape index (κ3) is 4.09. The smallest absolute Gasteiger partial charge is 0.255 e. The second-order valence-electron chi connectivity index (χ2n) is 5.66. The maximum absolute atomic E-state index is 12.2. The molecule has 1 amide bonds. The predicted molar refractivity (Wildman–Crippen MR) is 96.0 cm³/mol. The zero-order valence-corrected chi connectivity index (χ0v) is 14.6. The Morgan fingerprint density at radius 2 is 1.78 bits per heavy atom. The monoisotopic (exact) mass is 374 g/mol. The van der Waals surface area contributed by atoms with Gasteiger partial charge in [-0.3, -0.25) is 4.79 Å². The van der Waals surface area contributed by atoms with Gasteiger partial charge in [0, 0.05) is 36.2 Å². The van der Waals surface area contributed by atoms with Gasteiger partial charge in [0.1, 0.15) is 5.82 Å². The van der Waals surface area contributed by atoms with Crippen molar-refractivity contribution in [3.63, 3.8) is 0 Å². The molecule has 120 valence electrons. The Morgan fingerprint density at radius 3 is 2.39 bits per heavy atom. The topological polar surface area (TPSA) is 48.5 Å². The van der Waals surface area contributed by atoms with Crippen molar-refractivity contribution in [3.8, 4) is 0 Å². The fraction of sp³-hybridized carbons (Fsp3) is 0.294. The van der Waals surface area contributed by atoms with Crippen molar-refractivity contribution in [2.75, 3.05) is 43.4 Å². The van der Waals surface area contributed by atoms with E-state index in [9.17, 15) is 4.79 Å². The highest BCUT2D eigenvalue weighted by Crippen LogP contribution is 2.17. The number of benzene rings is 1. The fourth-order valence-corrected chi connectivity index (χ4v) is 2.75. The molecule has 6 heteroatoms. The van der Waals surface area contributed by atoms with Crippen LogP contribution in [0.2, 0.25) is 0 Å². The zero-order valence-electron chi connectivity index (χ0n) is 13.0. The highest BCUT2D eigenvalue weighted by atomic mass is 79.9. The number of hydrogen-bond donors (Lipinski definition) is 1. The molecule has 3 rings (SSSR count). The van der Waals surface area contributed by atoms with E-state index in [0.717, 1.165) is 36.5 Å². The third-order valence-corrected chi connectivity index (χ3v) is 4.47. The van der Waals surface area contributed by atoms with Crippen molar-refractivity contribution in [1.82, 2.24) is 9.88 Å². The highest BCUT2D eigenvalue weighted by molar-refractivity contribution is 9.10. The number of amides is 1. The van der Waals surface area contributed by atoms with E-state index in [2.05, 4.69) is 43.1 Å². The van der Waals surface area contributed by atoms with Gasteiger partial charge in [-0.25, -0.2) is 4.98 Å². The van der Waals surface area contributed by atoms with Crippen LogP contribution in [0.1, 0.15) is 10.4 Å². The van der Waals surface area contributed by atoms with Crippen LogP contribution in [0.5, 0.6) is 0 Å². The van der Waals surface area contributed by atoms with Gasteiger partial charge >= 0.3 is 0 Å². The van der Waals surface area contributed by atoms with Gasteiger partial charge < -0.3 is 15.1 Å². The summed E-state index contributed by atoms with van der Waals surface area (Å²) in [7, 11) is 2.13. The van der Waals surface area contributed by atoms with Gasteiger partial charge in [-0.2, -0.15) is 0 Å². The summed E-state index contributed by atoms with van der Waals surface area (Å²) in [6, 6.07) is 11.1. The summed E-state index contributed by atoms with van der Waals surface area (Å²) in [6.07, 6.45) is 1.71. The summed E-state index contributed by atoms with van der Waals surface area (Å²) in [4.78, 5) is 21.2. The molecule has 5 nitrogen and oxygen atoms in total. The van der Waals surface area contributed by atoms with Gasteiger partial charge in [0.05, 0.1) is 11.9 Å². The summed E-state index contributed by atoms with van der Waals surface area (Å²) < 4.78 is 0.951. The Balaban J connectivity index is 1.63. The Kier molecular flexibility index (Phi) is 4.93. The minimum absolute atomic E-state index is 0.133. The molecule has 2 heterocycles. The van der Waals surface area contributed by atoms with Gasteiger partial charge in [-0.1, -0.05) is 15.9 Å². The highest BCUT2D eigenvalue weighted by Gasteiger charge is 2.15. The van der Waals surface area contributed by atoms with E-state index >= 15 is 0 Å². The molecule has 0 unspecified atom stereocenters. The second kappa shape index (κ2) is 7.10. The number of carbonyl (C=O) groups excluding carboxylic acids is 1. The first-order chi connectivity index (χ1) is 11.1. The maximum atomic E-state index is 12.2. The molecule has 1 aliphatic heterocycles. The first kappa shape index (κ1) is 16.0. The van der Waals surface area contributed by atoms with Crippen molar-refractivity contribution in [3.05, 3.63) is 52.6 Å². The molecule has 1 N–H and O–H groups in total. The Morgan fingerprint density at radius 1 is 1.09 bits per heavy atom. The number of halogens is 1. The zero-order chi connectivity index (χ0) is 16.2. The summed E-state index contributed by atoms with van der Waals surface area (Å²) in [5, 5.41) is 2.87. The van der Waals surface area contributed by atoms with E-state index < -0.39 is 0 Å². The van der Waals surface area contributed by atoms with Gasteiger partial charge in [0.2, 0.25) is 0 Å². The van der Waals surface area contributed by atoms with E-state index in [-0.39, 0.29) is 5.91 Å². The number of nitrogens with zero attached hydrogens (tertiary/aromatic N) is 3. The lowest BCUT2D eigenvalue weighted by Gasteiger charge is -2.33. The average molecular weight is 375 g/mol. The standard InChI is InChI=1S/C17H19BrN4O/c1-21-8-10-22(11-9-21)16-7-6-15(12-19-16)20-17(23)13-2-4-14(18)5-3-13/h2-7,12H,8-11H2,1H3,(H,20,23). The van der Waals surface area contributed by atoms with Crippen LogP contribution >= 0.6 is 15.9 Å². The van der Waals surface area contributed by atoms with Crippen molar-refractivity contribution in [2.45, 2.75) is 0 Å². The van der Waals surface area contributed by atoms with E-state index in [0.29, 0.717) is 11.3 Å². The minimum Gasteiger partial charge on any atom is -0.354 e. The van der Waals surface area contributed by atoms with Crippen molar-refractivity contribution >= 4 is 33.3 Å². The average Bonchev–Trinajstić information content (AvgIpc) is 2.57. The van der Waals surface area contributed by atoms with Crippen molar-refractivity contribution in [2.24, 2.45) is 0 Å². The number of pyridine rings is 1. The SMILES string of the molecule is CN1CCN(c2ccc(NC(=O)c3ccc(Br)cc3)cn2)CC1. The van der Waals surface area contributed by atoms with Crippen LogP contribution in [-0.2, 0) is 0 Å². The molecule has 2 aromatic rings. The Hall–Kier alpha value is -1.92. The number of carbonyl (C=O) groups is 1. The molecule has 1 fully saturated rings. The van der Waals surface area contributed by atoms with Crippen LogP contribution in [0.3, 0.4) is 0 Å². The summed E-state index contributed by atoms with van der Waals surface area (Å²) >= 11 is 3.36. The quantitative estimate of drug-likeness (QED) is 0.897. The summed E-state index contributed by atoms with van der Waals surface area (Å²) in [5.74, 6) is 0.825. The van der Waals surface area contributed by atoms with Gasteiger partial charge in [0.25, 0.3) is 5.91 Å². The predicted octanol–water partition coefficient (Wildman–Crippen LogP) is 2.85. The van der Waals surface area contributed by atoms with Crippen LogP contribution < -0.4 is 10.2 Å². The molecule has 0 saturated carbocycles. The summed E-state index contributed by atoms with van der Waals surface area (Å²) in [6.45, 7) is 4.05. The lowest BCUT2D eigenvalue weighted by Crippen LogP contribution is -2.44. The summed E-state index contributed by atoms with van der Waals surface area (Å²) in [5.41, 5.74) is 1.33. The molecule has 0 bridgehead atoms. The van der Waals surface area contributed by atoms with Crippen LogP contribution in [-0.4, -0.2) is 49.0 Å². The number of piperazine rings is 1. The molecule has 0 radical (unpaired) electrons. The van der Waals surface area contributed by atoms with Crippen LogP contribution in [0.15, 0.2) is 47.1 Å². The molecule has 1 aromatic carbocycles. The number of nitrogens with one attached hydrogen (secondary N) is 1. The van der Waals surface area contributed by atoms with Gasteiger partial charge in [-0.05, 0) is 43.4 Å². The van der Waals surface area contributed by atoms with Crippen molar-refractivity contribution in [1.29, 1.82) is 0 Å². The van der Waals surface area contributed by atoms with Crippen LogP contribution in [0.25, 0.3) is 0 Å². The second-order valence-corrected chi connectivity index (χ2v) is 6.57. The van der Waals surface area contributed by atoms with Crippen molar-refractivity contribution < 1.29 is 4.79 Å². The molecular formula is C17H19BrN4O. The fourth-order valence-electron chi connectivity index (χ4n) is 2.49. The first-order valence-electron chi connectivity index (χ1n) is 7.58. The van der Waals surface area contributed by atoms with Crippen LogP contribution in [0.4, 0.5) is 11.5 Å². The maximum Gasteiger partial charge on any atom is 0.255 e. The Bertz CT molecular complexity index is 664. The molecule has 0 spiro atoms. The first-order valence-corrected chi connectivity index (χ1v) is 8.37. The van der Waals surface area contributed by atoms with E-state index in [1.54, 1.807) is 18.3 Å². The molecule has 1 aromatic heterocycles. The Labute approximate surface area is 144 Å². The largest absolute Gasteiger partial charge is 0.354 e. The molecule has 23 heavy (non-hydrogen) atoms. The number of hydrogen-bond acceptors (Lipinski definition) is 4. The van der Waals surface area contributed by atoms with E-state index in [1.165, 1.54) is 0 Å². The molecule has 1 saturated heterocycles. The molecule has 0 aliphatic carbocycles. The third-order valence-electron chi connectivity index (χ3n) is 3.94. The lowest BCUT2D eigenvalue weighted by molar-refractivity contribution is 0.102. The van der Waals surface area contributed by atoms with Gasteiger partial charge in [0.15, 0.2) is 0 Å².